The fourth-order valence-corrected chi connectivity index (χ4v) is 5.12. The van der Waals surface area contributed by atoms with Crippen LogP contribution in [0.3, 0.4) is 0 Å². The molecule has 1 amide bonds. The van der Waals surface area contributed by atoms with E-state index < -0.39 is 0 Å². The molecule has 0 spiro atoms. The van der Waals surface area contributed by atoms with Gasteiger partial charge in [-0.1, -0.05) is 42.4 Å². The predicted molar refractivity (Wildman–Crippen MR) is 133 cm³/mol. The number of amides is 1. The minimum Gasteiger partial charge on any atom is -0.376 e. The summed E-state index contributed by atoms with van der Waals surface area (Å²) in [5.74, 6) is 0.571. The molecule has 33 heavy (non-hydrogen) atoms. The van der Waals surface area contributed by atoms with Crippen molar-refractivity contribution < 1.29 is 9.53 Å². The number of nitrogens with zero attached hydrogens (tertiary/aromatic N) is 2. The Labute approximate surface area is 198 Å². The molecule has 1 fully saturated rings. The van der Waals surface area contributed by atoms with E-state index in [0.717, 1.165) is 25.9 Å². The largest absolute Gasteiger partial charge is 0.376 e. The lowest BCUT2D eigenvalue weighted by Gasteiger charge is -2.17. The van der Waals surface area contributed by atoms with Crippen LogP contribution in [0.5, 0.6) is 0 Å². The van der Waals surface area contributed by atoms with Crippen molar-refractivity contribution in [2.45, 2.75) is 63.6 Å². The molecule has 1 aromatic heterocycles. The average Bonchev–Trinajstić information content (AvgIpc) is 3.33. The van der Waals surface area contributed by atoms with E-state index in [4.69, 9.17) is 9.72 Å². The fraction of sp³-hybridized carbons (Fsp3) is 0.423. The third-order valence-electron chi connectivity index (χ3n) is 5.99. The highest BCUT2D eigenvalue weighted by Crippen LogP contribution is 2.26. The van der Waals surface area contributed by atoms with E-state index in [1.54, 1.807) is 34.5 Å². The topological polar surface area (TPSA) is 73.2 Å². The number of carbonyl (C=O) groups is 1. The van der Waals surface area contributed by atoms with Crippen LogP contribution in [0.25, 0.3) is 10.9 Å². The first kappa shape index (κ1) is 23.5. The van der Waals surface area contributed by atoms with Crippen molar-refractivity contribution in [3.63, 3.8) is 0 Å². The maximum atomic E-state index is 13.5. The van der Waals surface area contributed by atoms with Crippen molar-refractivity contribution in [1.82, 2.24) is 14.9 Å². The van der Waals surface area contributed by atoms with Gasteiger partial charge in [0.15, 0.2) is 5.16 Å². The molecule has 0 radical (unpaired) electrons. The molecular weight excluding hydrogens is 434 g/mol. The van der Waals surface area contributed by atoms with Crippen molar-refractivity contribution >= 4 is 28.6 Å². The molecule has 1 aliphatic heterocycles. The minimum absolute atomic E-state index is 0.0288. The van der Waals surface area contributed by atoms with Gasteiger partial charge in [-0.15, -0.1) is 0 Å². The van der Waals surface area contributed by atoms with Gasteiger partial charge in [0.25, 0.3) is 11.5 Å². The van der Waals surface area contributed by atoms with Gasteiger partial charge < -0.3 is 10.1 Å². The zero-order valence-corrected chi connectivity index (χ0v) is 20.3. The summed E-state index contributed by atoms with van der Waals surface area (Å²) in [4.78, 5) is 30.8. The highest BCUT2D eigenvalue weighted by atomic mass is 32.2. The van der Waals surface area contributed by atoms with Gasteiger partial charge in [0.1, 0.15) is 0 Å². The first-order valence-electron chi connectivity index (χ1n) is 11.6. The Bertz CT molecular complexity index is 1220. The molecule has 174 valence electrons. The number of nitrogens with one attached hydrogen (secondary N) is 1. The summed E-state index contributed by atoms with van der Waals surface area (Å²) in [7, 11) is 0. The Balaban J connectivity index is 1.72. The quantitative estimate of drug-likeness (QED) is 0.388. The summed E-state index contributed by atoms with van der Waals surface area (Å²) in [6, 6.07) is 11.6. The second kappa shape index (κ2) is 10.5. The standard InChI is InChI=1S/C26H31N3O3S/c1-4-11-27-24(30)19-9-10-22-23(14-19)28-26(29(25(22)31)15-21-6-5-12-32-21)33-16-20-13-17(2)7-8-18(20)3/h7-10,13-14,21H,4-6,11-12,15-16H2,1-3H3,(H,27,30)/t21-/m0/s1. The summed E-state index contributed by atoms with van der Waals surface area (Å²) in [6.45, 7) is 8.05. The lowest BCUT2D eigenvalue weighted by Crippen LogP contribution is -2.29. The molecule has 0 saturated carbocycles. The highest BCUT2D eigenvalue weighted by molar-refractivity contribution is 7.98. The fourth-order valence-electron chi connectivity index (χ4n) is 4.04. The lowest BCUT2D eigenvalue weighted by molar-refractivity contribution is 0.0937. The van der Waals surface area contributed by atoms with Crippen LogP contribution < -0.4 is 10.9 Å². The summed E-state index contributed by atoms with van der Waals surface area (Å²) < 4.78 is 7.57. The summed E-state index contributed by atoms with van der Waals surface area (Å²) >= 11 is 1.56. The number of aryl methyl sites for hydroxylation is 2. The highest BCUT2D eigenvalue weighted by Gasteiger charge is 2.21. The van der Waals surface area contributed by atoms with E-state index in [0.29, 0.717) is 40.5 Å². The molecular formula is C26H31N3O3S. The third kappa shape index (κ3) is 5.47. The molecule has 4 rings (SSSR count). The van der Waals surface area contributed by atoms with E-state index in [-0.39, 0.29) is 17.6 Å². The van der Waals surface area contributed by atoms with Crippen molar-refractivity contribution in [2.24, 2.45) is 0 Å². The molecule has 3 aromatic rings. The Morgan fingerprint density at radius 2 is 2.09 bits per heavy atom. The molecule has 7 heteroatoms. The first-order valence-corrected chi connectivity index (χ1v) is 12.6. The molecule has 0 unspecified atom stereocenters. The SMILES string of the molecule is CCCNC(=O)c1ccc2c(=O)n(C[C@@H]3CCCO3)c(SCc3cc(C)ccc3C)nc2c1. The van der Waals surface area contributed by atoms with Crippen LogP contribution in [0.15, 0.2) is 46.3 Å². The first-order chi connectivity index (χ1) is 16.0. The van der Waals surface area contributed by atoms with Gasteiger partial charge in [-0.2, -0.15) is 0 Å². The van der Waals surface area contributed by atoms with Gasteiger partial charge in [0.2, 0.25) is 0 Å². The third-order valence-corrected chi connectivity index (χ3v) is 7.01. The van der Waals surface area contributed by atoms with Gasteiger partial charge in [-0.3, -0.25) is 14.2 Å². The molecule has 1 atom stereocenters. The van der Waals surface area contributed by atoms with Crippen LogP contribution >= 0.6 is 11.8 Å². The predicted octanol–water partition coefficient (Wildman–Crippen LogP) is 4.62. The van der Waals surface area contributed by atoms with Crippen molar-refractivity contribution in [1.29, 1.82) is 0 Å². The van der Waals surface area contributed by atoms with E-state index in [2.05, 4.69) is 37.4 Å². The molecule has 0 aliphatic carbocycles. The van der Waals surface area contributed by atoms with Crippen LogP contribution in [0.1, 0.15) is 53.2 Å². The van der Waals surface area contributed by atoms with Crippen LogP contribution in [0.4, 0.5) is 0 Å². The van der Waals surface area contributed by atoms with Crippen molar-refractivity contribution in [3.8, 4) is 0 Å². The molecule has 1 N–H and O–H groups in total. The molecule has 1 saturated heterocycles. The van der Waals surface area contributed by atoms with Gasteiger partial charge in [-0.25, -0.2) is 4.98 Å². The van der Waals surface area contributed by atoms with Crippen molar-refractivity contribution in [3.05, 3.63) is 69.0 Å². The minimum atomic E-state index is -0.145. The number of hydrogen-bond acceptors (Lipinski definition) is 5. The smallest absolute Gasteiger partial charge is 0.262 e. The van der Waals surface area contributed by atoms with Gasteiger partial charge in [0.05, 0.1) is 23.6 Å². The Morgan fingerprint density at radius 1 is 1.24 bits per heavy atom. The molecule has 2 heterocycles. The number of aromatic nitrogens is 2. The summed E-state index contributed by atoms with van der Waals surface area (Å²) in [5.41, 5.74) is 4.64. The van der Waals surface area contributed by atoms with E-state index in [9.17, 15) is 9.59 Å². The zero-order valence-electron chi connectivity index (χ0n) is 19.5. The lowest BCUT2D eigenvalue weighted by atomic mass is 10.1. The number of hydrogen-bond donors (Lipinski definition) is 1. The molecule has 1 aliphatic rings. The summed E-state index contributed by atoms with van der Waals surface area (Å²) in [5, 5.41) is 4.07. The maximum Gasteiger partial charge on any atom is 0.262 e. The summed E-state index contributed by atoms with van der Waals surface area (Å²) in [6.07, 6.45) is 2.86. The maximum absolute atomic E-state index is 13.5. The molecule has 0 bridgehead atoms. The Hall–Kier alpha value is -2.64. The van der Waals surface area contributed by atoms with Crippen LogP contribution in [-0.4, -0.2) is 34.7 Å². The van der Waals surface area contributed by atoms with Gasteiger partial charge in [-0.05, 0) is 62.4 Å². The van der Waals surface area contributed by atoms with E-state index >= 15 is 0 Å². The van der Waals surface area contributed by atoms with E-state index in [1.807, 2.05) is 6.92 Å². The number of fused-ring (bicyclic) bond motifs is 1. The van der Waals surface area contributed by atoms with Gasteiger partial charge >= 0.3 is 0 Å². The van der Waals surface area contributed by atoms with Crippen LogP contribution in [0, 0.1) is 13.8 Å². The second-order valence-electron chi connectivity index (χ2n) is 8.65. The molecule has 6 nitrogen and oxygen atoms in total. The number of carbonyl (C=O) groups excluding carboxylic acids is 1. The Morgan fingerprint density at radius 3 is 2.85 bits per heavy atom. The Kier molecular flexibility index (Phi) is 7.50. The van der Waals surface area contributed by atoms with E-state index in [1.165, 1.54) is 16.7 Å². The average molecular weight is 466 g/mol. The number of ether oxygens (including phenoxy) is 1. The second-order valence-corrected chi connectivity index (χ2v) is 9.59. The molecule has 2 aromatic carbocycles. The van der Waals surface area contributed by atoms with Gasteiger partial charge in [0, 0.05) is 24.5 Å². The number of thioether (sulfide) groups is 1. The van der Waals surface area contributed by atoms with Crippen LogP contribution in [0.2, 0.25) is 0 Å². The monoisotopic (exact) mass is 465 g/mol. The van der Waals surface area contributed by atoms with Crippen LogP contribution in [-0.2, 0) is 17.0 Å². The number of rotatable bonds is 8. The zero-order chi connectivity index (χ0) is 23.4. The number of benzene rings is 2. The normalized spacial score (nSPS) is 15.8. The van der Waals surface area contributed by atoms with Crippen molar-refractivity contribution in [2.75, 3.05) is 13.2 Å².